The molecule has 2 rings (SSSR count). The number of carbonyl (C=O) groups excluding carboxylic acids is 1. The van der Waals surface area contributed by atoms with Crippen molar-refractivity contribution < 1.29 is 26.0 Å². The van der Waals surface area contributed by atoms with Crippen molar-refractivity contribution in [2.24, 2.45) is 0 Å². The van der Waals surface area contributed by atoms with Crippen LogP contribution in [0.3, 0.4) is 0 Å². The lowest BCUT2D eigenvalue weighted by Gasteiger charge is -2.26. The highest BCUT2D eigenvalue weighted by Gasteiger charge is 2.33. The van der Waals surface area contributed by atoms with Gasteiger partial charge in [0, 0.05) is 26.1 Å². The van der Waals surface area contributed by atoms with Gasteiger partial charge in [-0.05, 0) is 18.6 Å². The molecule has 0 aromatic heterocycles. The molecule has 7 nitrogen and oxygen atoms in total. The summed E-state index contributed by atoms with van der Waals surface area (Å²) in [7, 11) is -5.40. The number of anilines is 1. The molecule has 1 aliphatic rings. The molecule has 1 amide bonds. The van der Waals surface area contributed by atoms with Crippen LogP contribution in [-0.2, 0) is 24.7 Å². The Morgan fingerprint density at radius 1 is 1.32 bits per heavy atom. The second-order valence-corrected chi connectivity index (χ2v) is 10.2. The van der Waals surface area contributed by atoms with Gasteiger partial charge in [-0.3, -0.25) is 9.10 Å². The maximum atomic E-state index is 13.9. The van der Waals surface area contributed by atoms with Gasteiger partial charge in [0.15, 0.2) is 9.84 Å². The fraction of sp³-hybridized carbons (Fsp3) is 0.533. The average molecular weight is 392 g/mol. The van der Waals surface area contributed by atoms with Gasteiger partial charge in [-0.2, -0.15) is 0 Å². The summed E-state index contributed by atoms with van der Waals surface area (Å²) in [5.41, 5.74) is -0.121. The number of sulfone groups is 1. The van der Waals surface area contributed by atoms with E-state index in [9.17, 15) is 26.0 Å². The van der Waals surface area contributed by atoms with Crippen LogP contribution in [-0.4, -0.2) is 65.0 Å². The Labute approximate surface area is 147 Å². The van der Waals surface area contributed by atoms with E-state index in [1.54, 1.807) is 0 Å². The lowest BCUT2D eigenvalue weighted by molar-refractivity contribution is -0.131. The van der Waals surface area contributed by atoms with Gasteiger partial charge < -0.3 is 4.90 Å². The van der Waals surface area contributed by atoms with E-state index in [-0.39, 0.29) is 36.1 Å². The van der Waals surface area contributed by atoms with Crippen molar-refractivity contribution in [3.63, 3.8) is 0 Å². The van der Waals surface area contributed by atoms with Crippen molar-refractivity contribution in [3.8, 4) is 0 Å². The summed E-state index contributed by atoms with van der Waals surface area (Å²) in [5, 5.41) is 0. The maximum absolute atomic E-state index is 13.9. The molecule has 0 spiro atoms. The minimum atomic E-state index is -3.77. The second kappa shape index (κ2) is 7.28. The third-order valence-corrected chi connectivity index (χ3v) is 7.13. The smallest absolute Gasteiger partial charge is 0.232 e. The number of para-hydroxylation sites is 1. The summed E-state index contributed by atoms with van der Waals surface area (Å²) in [4.78, 5) is 13.6. The monoisotopic (exact) mass is 392 g/mol. The molecular formula is C15H21FN2O5S2. The predicted molar refractivity (Wildman–Crippen MR) is 93.0 cm³/mol. The molecule has 1 unspecified atom stereocenters. The third-order valence-electron chi connectivity index (χ3n) is 4.20. The molecule has 10 heteroatoms. The highest BCUT2D eigenvalue weighted by Crippen LogP contribution is 2.22. The molecule has 0 aliphatic carbocycles. The highest BCUT2D eigenvalue weighted by atomic mass is 32.2. The van der Waals surface area contributed by atoms with Crippen molar-refractivity contribution in [1.82, 2.24) is 4.90 Å². The number of hydrogen-bond donors (Lipinski definition) is 0. The summed E-state index contributed by atoms with van der Waals surface area (Å²) in [6.07, 6.45) is 1.14. The lowest BCUT2D eigenvalue weighted by Crippen LogP contribution is -2.40. The Hall–Kier alpha value is -1.68. The molecule has 0 N–H and O–H groups in total. The van der Waals surface area contributed by atoms with E-state index in [1.165, 1.54) is 30.1 Å². The fourth-order valence-electron chi connectivity index (χ4n) is 2.78. The van der Waals surface area contributed by atoms with Gasteiger partial charge >= 0.3 is 0 Å². The maximum Gasteiger partial charge on any atom is 0.232 e. The van der Waals surface area contributed by atoms with Crippen LogP contribution < -0.4 is 4.31 Å². The summed E-state index contributed by atoms with van der Waals surface area (Å²) in [6, 6.07) is 5.02. The van der Waals surface area contributed by atoms with Gasteiger partial charge in [0.25, 0.3) is 0 Å². The number of sulfonamides is 1. The standard InChI is InChI=1S/C15H21FN2O5S2/c1-17(12-8-10-25(22,23)11-12)15(19)7-9-18(24(2,20)21)14-6-4-3-5-13(14)16/h3-6,12H,7-11H2,1-2H3. The molecule has 140 valence electrons. The Balaban J connectivity index is 2.08. The van der Waals surface area contributed by atoms with Gasteiger partial charge in [0.05, 0.1) is 23.4 Å². The van der Waals surface area contributed by atoms with Gasteiger partial charge in [0.2, 0.25) is 15.9 Å². The first-order valence-electron chi connectivity index (χ1n) is 7.69. The minimum absolute atomic E-state index is 0.0416. The number of rotatable bonds is 6. The number of nitrogens with zero attached hydrogens (tertiary/aromatic N) is 2. The van der Waals surface area contributed by atoms with E-state index in [2.05, 4.69) is 0 Å². The van der Waals surface area contributed by atoms with Crippen LogP contribution >= 0.6 is 0 Å². The van der Waals surface area contributed by atoms with Crippen LogP contribution in [0.5, 0.6) is 0 Å². The number of halogens is 1. The Bertz CT molecular complexity index is 854. The Morgan fingerprint density at radius 3 is 2.48 bits per heavy atom. The van der Waals surface area contributed by atoms with Crippen molar-refractivity contribution in [2.75, 3.05) is 35.7 Å². The van der Waals surface area contributed by atoms with E-state index in [4.69, 9.17) is 0 Å². The molecule has 25 heavy (non-hydrogen) atoms. The SMILES string of the molecule is CN(C(=O)CCN(c1ccccc1F)S(C)(=O)=O)C1CCS(=O)(=O)C1. The molecule has 1 atom stereocenters. The van der Waals surface area contributed by atoms with Crippen molar-refractivity contribution >= 4 is 31.5 Å². The van der Waals surface area contributed by atoms with Crippen LogP contribution in [0.4, 0.5) is 10.1 Å². The van der Waals surface area contributed by atoms with E-state index in [1.807, 2.05) is 0 Å². The van der Waals surface area contributed by atoms with Crippen LogP contribution in [0.2, 0.25) is 0 Å². The first kappa shape index (κ1) is 19.6. The molecule has 1 saturated heterocycles. The zero-order valence-electron chi connectivity index (χ0n) is 14.1. The van der Waals surface area contributed by atoms with E-state index in [0.717, 1.165) is 16.6 Å². The van der Waals surface area contributed by atoms with Crippen LogP contribution in [0, 0.1) is 5.82 Å². The van der Waals surface area contributed by atoms with E-state index in [0.29, 0.717) is 6.42 Å². The summed E-state index contributed by atoms with van der Waals surface area (Å²) in [6.45, 7) is -0.220. The molecule has 0 saturated carbocycles. The molecule has 1 aromatic rings. The van der Waals surface area contributed by atoms with Crippen LogP contribution in [0.1, 0.15) is 12.8 Å². The average Bonchev–Trinajstić information content (AvgIpc) is 2.87. The van der Waals surface area contributed by atoms with Crippen LogP contribution in [0.25, 0.3) is 0 Å². The van der Waals surface area contributed by atoms with E-state index < -0.39 is 31.7 Å². The van der Waals surface area contributed by atoms with Crippen molar-refractivity contribution in [3.05, 3.63) is 30.1 Å². The van der Waals surface area contributed by atoms with Gasteiger partial charge in [0.1, 0.15) is 5.82 Å². The topological polar surface area (TPSA) is 91.8 Å². The fourth-order valence-corrected chi connectivity index (χ4v) is 5.48. The quantitative estimate of drug-likeness (QED) is 0.708. The Kier molecular flexibility index (Phi) is 5.72. The largest absolute Gasteiger partial charge is 0.342 e. The second-order valence-electron chi connectivity index (χ2n) is 6.10. The summed E-state index contributed by atoms with van der Waals surface area (Å²) in [5.74, 6) is -1.12. The first-order chi connectivity index (χ1) is 11.5. The highest BCUT2D eigenvalue weighted by molar-refractivity contribution is 7.92. The lowest BCUT2D eigenvalue weighted by atomic mass is 10.2. The van der Waals surface area contributed by atoms with E-state index >= 15 is 0 Å². The number of amides is 1. The van der Waals surface area contributed by atoms with Crippen LogP contribution in [0.15, 0.2) is 24.3 Å². The molecule has 0 radical (unpaired) electrons. The van der Waals surface area contributed by atoms with Crippen molar-refractivity contribution in [1.29, 1.82) is 0 Å². The number of hydrogen-bond acceptors (Lipinski definition) is 5. The zero-order valence-corrected chi connectivity index (χ0v) is 15.7. The molecule has 1 heterocycles. The molecular weight excluding hydrogens is 371 g/mol. The molecule has 1 aliphatic heterocycles. The number of carbonyl (C=O) groups is 1. The van der Waals surface area contributed by atoms with Gasteiger partial charge in [-0.25, -0.2) is 21.2 Å². The predicted octanol–water partition coefficient (Wildman–Crippen LogP) is 0.627. The summed E-state index contributed by atoms with van der Waals surface area (Å²) < 4.78 is 61.7. The Morgan fingerprint density at radius 2 is 1.96 bits per heavy atom. The molecule has 0 bridgehead atoms. The van der Waals surface area contributed by atoms with Crippen molar-refractivity contribution in [2.45, 2.75) is 18.9 Å². The van der Waals surface area contributed by atoms with Gasteiger partial charge in [-0.1, -0.05) is 12.1 Å². The first-order valence-corrected chi connectivity index (χ1v) is 11.4. The normalized spacial score (nSPS) is 19.6. The molecule has 1 fully saturated rings. The minimum Gasteiger partial charge on any atom is -0.342 e. The number of benzene rings is 1. The van der Waals surface area contributed by atoms with Gasteiger partial charge in [-0.15, -0.1) is 0 Å². The zero-order chi connectivity index (χ0) is 18.8. The summed E-state index contributed by atoms with van der Waals surface area (Å²) >= 11 is 0. The third kappa shape index (κ3) is 4.91. The molecule has 1 aromatic carbocycles.